The Hall–Kier alpha value is -2.94. The second-order valence-corrected chi connectivity index (χ2v) is 16.0. The molecule has 23 heteroatoms. The molecule has 0 radical (unpaired) electrons. The number of hydrogen-bond donors (Lipinski definition) is 5. The summed E-state index contributed by atoms with van der Waals surface area (Å²) >= 11 is 5.40. The van der Waals surface area contributed by atoms with Crippen molar-refractivity contribution in [3.63, 3.8) is 0 Å². The molecular formula is C23H30N10O10P2S. The standard InChI is InChI=1S/C23H30N10O10P2S/c1-9-15-12(41-21(9)32-7-28-13-17(24)26-6-27-18(13)32)5-39-45(37,46)43-16-10(3-34)11(4-38-44(2,36)42-15)40-22(16)33-8-29-14-19(33)30-23(25)31-20(14)35/h6-12,15-16,21-22,34H,3-5H2,1-2H3,(H,37,46)(H2,24,26,27)(H3,25,30,31,35)/t9?,10?,11?,12?,15?,16?,21?,22?,44-,45?/m0/s1. The van der Waals surface area contributed by atoms with Crippen LogP contribution in [0.25, 0.3) is 22.3 Å². The van der Waals surface area contributed by atoms with Crippen molar-refractivity contribution in [2.45, 2.75) is 43.8 Å². The maximum absolute atomic E-state index is 13.8. The first-order valence-corrected chi connectivity index (χ1v) is 18.6. The summed E-state index contributed by atoms with van der Waals surface area (Å²) in [6.45, 7) is -2.15. The van der Waals surface area contributed by atoms with Crippen molar-refractivity contribution in [2.75, 3.05) is 38.0 Å². The number of nitrogens with two attached hydrogens (primary N) is 2. The van der Waals surface area contributed by atoms with Crippen molar-refractivity contribution in [2.24, 2.45) is 11.8 Å². The quantitative estimate of drug-likeness (QED) is 0.176. The normalized spacial score (nSPS) is 37.1. The van der Waals surface area contributed by atoms with Crippen LogP contribution < -0.4 is 17.0 Å². The molecule has 2 bridgehead atoms. The van der Waals surface area contributed by atoms with E-state index in [0.29, 0.717) is 11.2 Å². The Morgan fingerprint density at radius 1 is 1.00 bits per heavy atom. The highest BCUT2D eigenvalue weighted by Crippen LogP contribution is 2.55. The predicted octanol–water partition coefficient (Wildman–Crippen LogP) is 0.0202. The van der Waals surface area contributed by atoms with E-state index in [0.717, 1.165) is 0 Å². The van der Waals surface area contributed by atoms with Gasteiger partial charge in [-0.05, 0) is 11.8 Å². The number of anilines is 2. The number of aliphatic hydroxyl groups excluding tert-OH is 1. The molecule has 0 aromatic carbocycles. The highest BCUT2D eigenvalue weighted by atomic mass is 32.5. The van der Waals surface area contributed by atoms with E-state index in [9.17, 15) is 19.4 Å². The SMILES string of the molecule is CC1C2O[P@@](C)(=O)OCC3OC(n4cnc5c(=O)[nH]c(N)nc54)C(OP(O)(=S)OCC2OC1n1cnc2c(N)ncnc21)C3CO. The maximum Gasteiger partial charge on any atom is 0.328 e. The van der Waals surface area contributed by atoms with E-state index < -0.39 is 75.2 Å². The molecule has 0 aliphatic carbocycles. The van der Waals surface area contributed by atoms with Gasteiger partial charge in [0.2, 0.25) is 5.95 Å². The summed E-state index contributed by atoms with van der Waals surface area (Å²) in [4.78, 5) is 46.9. The number of nitrogens with zero attached hydrogens (tertiary/aromatic N) is 7. The molecule has 4 aromatic heterocycles. The third-order valence-electron chi connectivity index (χ3n) is 8.18. The molecule has 7 heterocycles. The summed E-state index contributed by atoms with van der Waals surface area (Å²) in [5, 5.41) is 10.4. The van der Waals surface area contributed by atoms with Crippen LogP contribution in [0.4, 0.5) is 11.8 Å². The van der Waals surface area contributed by atoms with Gasteiger partial charge in [-0.25, -0.2) is 19.9 Å². The van der Waals surface area contributed by atoms with Crippen LogP contribution in [-0.2, 0) is 43.9 Å². The summed E-state index contributed by atoms with van der Waals surface area (Å²) in [5.74, 6) is -1.33. The number of aromatic amines is 1. The fourth-order valence-corrected chi connectivity index (χ4v) is 8.71. The van der Waals surface area contributed by atoms with Crippen LogP contribution in [0.5, 0.6) is 0 Å². The molecule has 3 aliphatic rings. The van der Waals surface area contributed by atoms with E-state index in [4.69, 9.17) is 50.8 Å². The molecule has 46 heavy (non-hydrogen) atoms. The zero-order valence-electron chi connectivity index (χ0n) is 24.2. The first-order chi connectivity index (χ1) is 21.9. The molecule has 248 valence electrons. The molecule has 3 fully saturated rings. The first-order valence-electron chi connectivity index (χ1n) is 14.0. The summed E-state index contributed by atoms with van der Waals surface area (Å²) in [6.07, 6.45) is -1.71. The highest BCUT2D eigenvalue weighted by Gasteiger charge is 2.52. The lowest BCUT2D eigenvalue weighted by atomic mass is 9.99. The fraction of sp³-hybridized carbons (Fsp3) is 0.565. The Morgan fingerprint density at radius 3 is 2.46 bits per heavy atom. The summed E-state index contributed by atoms with van der Waals surface area (Å²) < 4.78 is 53.0. The number of imidazole rings is 2. The second kappa shape index (κ2) is 11.6. The van der Waals surface area contributed by atoms with Gasteiger partial charge < -0.3 is 49.0 Å². The van der Waals surface area contributed by atoms with Crippen LogP contribution in [0.1, 0.15) is 19.4 Å². The average Bonchev–Trinajstić information content (AvgIpc) is 3.75. The number of aliphatic hydroxyl groups is 1. The Labute approximate surface area is 264 Å². The third-order valence-corrected chi connectivity index (χ3v) is 11.0. The fourth-order valence-electron chi connectivity index (χ4n) is 6.01. The number of hydrogen-bond acceptors (Lipinski definition) is 17. The number of ether oxygens (including phenoxy) is 2. The molecule has 0 spiro atoms. The van der Waals surface area contributed by atoms with E-state index in [1.807, 2.05) is 6.92 Å². The van der Waals surface area contributed by atoms with Gasteiger partial charge in [0.25, 0.3) is 5.56 Å². The summed E-state index contributed by atoms with van der Waals surface area (Å²) in [5.41, 5.74) is 11.9. The third kappa shape index (κ3) is 5.54. The van der Waals surface area contributed by atoms with Crippen molar-refractivity contribution >= 4 is 60.2 Å². The van der Waals surface area contributed by atoms with E-state index in [1.165, 1.54) is 30.2 Å². The minimum absolute atomic E-state index is 0.0368. The maximum atomic E-state index is 13.8. The smallest absolute Gasteiger partial charge is 0.328 e. The average molecular weight is 701 g/mol. The molecule has 7 rings (SSSR count). The van der Waals surface area contributed by atoms with Crippen molar-refractivity contribution < 1.29 is 42.1 Å². The van der Waals surface area contributed by atoms with Gasteiger partial charge >= 0.3 is 14.3 Å². The van der Waals surface area contributed by atoms with Crippen LogP contribution in [-0.4, -0.2) is 99.9 Å². The molecule has 3 saturated heterocycles. The molecule has 9 unspecified atom stereocenters. The van der Waals surface area contributed by atoms with Crippen molar-refractivity contribution in [3.05, 3.63) is 29.3 Å². The predicted molar refractivity (Wildman–Crippen MR) is 162 cm³/mol. The summed E-state index contributed by atoms with van der Waals surface area (Å²) in [6, 6.07) is 0. The van der Waals surface area contributed by atoms with Crippen molar-refractivity contribution in [1.29, 1.82) is 0 Å². The van der Waals surface area contributed by atoms with Gasteiger partial charge in [0.05, 0.1) is 38.6 Å². The Balaban J connectivity index is 1.22. The zero-order valence-corrected chi connectivity index (χ0v) is 26.8. The van der Waals surface area contributed by atoms with E-state index in [1.54, 1.807) is 4.57 Å². The van der Waals surface area contributed by atoms with Crippen LogP contribution in [0.2, 0.25) is 0 Å². The topological polar surface area (TPSA) is 272 Å². The molecule has 4 aromatic rings. The van der Waals surface area contributed by atoms with Gasteiger partial charge in [-0.15, -0.1) is 0 Å². The molecule has 10 atom stereocenters. The molecule has 7 N–H and O–H groups in total. The Kier molecular flexibility index (Phi) is 8.01. The van der Waals surface area contributed by atoms with E-state index in [-0.39, 0.29) is 36.1 Å². The number of H-pyrrole nitrogens is 1. The van der Waals surface area contributed by atoms with Gasteiger partial charge in [0, 0.05) is 18.5 Å². The number of nitrogens with one attached hydrogen (secondary N) is 1. The lowest BCUT2D eigenvalue weighted by molar-refractivity contribution is -0.0591. The van der Waals surface area contributed by atoms with Crippen LogP contribution in [0.3, 0.4) is 0 Å². The van der Waals surface area contributed by atoms with E-state index in [2.05, 4.69) is 29.9 Å². The van der Waals surface area contributed by atoms with Crippen molar-refractivity contribution in [3.8, 4) is 0 Å². The van der Waals surface area contributed by atoms with Gasteiger partial charge in [0.1, 0.15) is 36.4 Å². The molecule has 0 amide bonds. The van der Waals surface area contributed by atoms with E-state index >= 15 is 0 Å². The number of rotatable bonds is 3. The monoisotopic (exact) mass is 700 g/mol. The lowest BCUT2D eigenvalue weighted by Gasteiger charge is -2.28. The first kappa shape index (κ1) is 31.6. The molecule has 0 saturated carbocycles. The number of fused-ring (bicyclic) bond motifs is 5. The highest BCUT2D eigenvalue weighted by molar-refractivity contribution is 8.07. The van der Waals surface area contributed by atoms with Crippen LogP contribution in [0, 0.1) is 11.8 Å². The second-order valence-electron chi connectivity index (χ2n) is 11.2. The minimum Gasteiger partial charge on any atom is -0.396 e. The Bertz CT molecular complexity index is 1960. The van der Waals surface area contributed by atoms with Gasteiger partial charge in [-0.3, -0.25) is 23.5 Å². The van der Waals surface area contributed by atoms with Gasteiger partial charge in [-0.1, -0.05) is 6.92 Å². The molecular weight excluding hydrogens is 670 g/mol. The largest absolute Gasteiger partial charge is 0.396 e. The zero-order chi connectivity index (χ0) is 32.5. The molecule has 3 aliphatic heterocycles. The Morgan fingerprint density at radius 2 is 1.70 bits per heavy atom. The minimum atomic E-state index is -4.10. The number of nitrogen functional groups attached to an aromatic ring is 2. The van der Waals surface area contributed by atoms with Crippen LogP contribution in [0.15, 0.2) is 23.8 Å². The lowest BCUT2D eigenvalue weighted by Crippen LogP contribution is -2.33. The van der Waals surface area contributed by atoms with Crippen molar-refractivity contribution in [1.82, 2.24) is 39.0 Å². The van der Waals surface area contributed by atoms with Crippen LogP contribution >= 0.6 is 14.3 Å². The van der Waals surface area contributed by atoms with Gasteiger partial charge in [-0.2, -0.15) is 4.98 Å². The molecule has 20 nitrogen and oxygen atoms in total. The summed E-state index contributed by atoms with van der Waals surface area (Å²) in [7, 11) is -3.83. The number of aromatic nitrogens is 8. The van der Waals surface area contributed by atoms with Gasteiger partial charge in [0.15, 0.2) is 28.9 Å².